The fourth-order valence-corrected chi connectivity index (χ4v) is 6.81. The third-order valence-corrected chi connectivity index (χ3v) is 8.62. The van der Waals surface area contributed by atoms with E-state index in [1.165, 1.54) is 30.4 Å². The summed E-state index contributed by atoms with van der Waals surface area (Å²) in [6.07, 6.45) is 8.05. The van der Waals surface area contributed by atoms with Gasteiger partial charge in [0, 0.05) is 25.0 Å². The Morgan fingerprint density at radius 2 is 2.13 bits per heavy atom. The van der Waals surface area contributed by atoms with Crippen molar-refractivity contribution in [3.05, 3.63) is 34.9 Å². The maximum atomic E-state index is 13.0. The molecular weight excluding hydrogens is 390 g/mol. The molecule has 0 radical (unpaired) electrons. The van der Waals surface area contributed by atoms with Crippen LogP contribution in [0.2, 0.25) is 0 Å². The number of rotatable bonds is 3. The second-order valence-electron chi connectivity index (χ2n) is 10.5. The average Bonchev–Trinajstić information content (AvgIpc) is 3.02. The van der Waals surface area contributed by atoms with E-state index in [4.69, 9.17) is 9.47 Å². The first-order valence-electron chi connectivity index (χ1n) is 11.9. The van der Waals surface area contributed by atoms with Crippen LogP contribution in [-0.2, 0) is 16.0 Å². The molecule has 2 aliphatic carbocycles. The third kappa shape index (κ3) is 3.36. The summed E-state index contributed by atoms with van der Waals surface area (Å²) < 4.78 is 11.3. The summed E-state index contributed by atoms with van der Waals surface area (Å²) >= 11 is 0. The van der Waals surface area contributed by atoms with E-state index in [9.17, 15) is 9.90 Å². The number of hydrogen-bond donors (Lipinski definition) is 1. The van der Waals surface area contributed by atoms with Crippen LogP contribution in [0.4, 0.5) is 0 Å². The normalized spacial score (nSPS) is 37.4. The van der Waals surface area contributed by atoms with Crippen molar-refractivity contribution in [2.75, 3.05) is 20.2 Å². The molecule has 1 aromatic carbocycles. The molecule has 1 N–H and O–H groups in total. The van der Waals surface area contributed by atoms with Crippen LogP contribution in [0.5, 0.6) is 11.5 Å². The number of nitrogens with zero attached hydrogens (tertiary/aromatic N) is 1. The van der Waals surface area contributed by atoms with E-state index in [0.717, 1.165) is 25.9 Å². The van der Waals surface area contributed by atoms with Crippen molar-refractivity contribution in [1.29, 1.82) is 0 Å². The zero-order valence-corrected chi connectivity index (χ0v) is 19.2. The molecule has 2 fully saturated rings. The van der Waals surface area contributed by atoms with Gasteiger partial charge in [-0.05, 0) is 67.2 Å². The Hall–Kier alpha value is -2.01. The number of phenols is 1. The van der Waals surface area contributed by atoms with Crippen molar-refractivity contribution in [2.45, 2.75) is 65.0 Å². The average molecular weight is 426 g/mol. The molecule has 5 heteroatoms. The Morgan fingerprint density at radius 3 is 2.90 bits per heavy atom. The number of ether oxygens (including phenoxy) is 2. The molecule has 2 aliphatic heterocycles. The van der Waals surface area contributed by atoms with Gasteiger partial charge in [0.15, 0.2) is 11.5 Å². The molecule has 6 atom stereocenters. The van der Waals surface area contributed by atoms with Gasteiger partial charge >= 0.3 is 5.97 Å². The molecule has 1 saturated heterocycles. The molecule has 5 rings (SSSR count). The van der Waals surface area contributed by atoms with Gasteiger partial charge in [0.05, 0.1) is 13.0 Å². The Morgan fingerprint density at radius 1 is 1.32 bits per heavy atom. The van der Waals surface area contributed by atoms with Gasteiger partial charge in [-0.2, -0.15) is 0 Å². The summed E-state index contributed by atoms with van der Waals surface area (Å²) in [7, 11) is 1.58. The van der Waals surface area contributed by atoms with Crippen LogP contribution in [0.3, 0.4) is 0 Å². The molecule has 1 aromatic rings. The van der Waals surface area contributed by atoms with Gasteiger partial charge in [-0.15, -0.1) is 0 Å². The summed E-state index contributed by atoms with van der Waals surface area (Å²) in [4.78, 5) is 15.4. The van der Waals surface area contributed by atoms with Gasteiger partial charge < -0.3 is 14.6 Å². The molecule has 0 unspecified atom stereocenters. The van der Waals surface area contributed by atoms with Crippen LogP contribution in [0.25, 0.3) is 0 Å². The van der Waals surface area contributed by atoms with E-state index in [1.54, 1.807) is 12.7 Å². The largest absolute Gasteiger partial charge is 0.504 e. The van der Waals surface area contributed by atoms with Crippen LogP contribution in [0, 0.1) is 23.2 Å². The summed E-state index contributed by atoms with van der Waals surface area (Å²) in [5.41, 5.74) is 4.12. The molecule has 2 heterocycles. The topological polar surface area (TPSA) is 59.0 Å². The van der Waals surface area contributed by atoms with E-state index in [-0.39, 0.29) is 41.1 Å². The lowest BCUT2D eigenvalue weighted by molar-refractivity contribution is -0.145. The molecule has 31 heavy (non-hydrogen) atoms. The van der Waals surface area contributed by atoms with Crippen LogP contribution in [0.1, 0.15) is 63.6 Å². The molecule has 168 valence electrons. The number of phenolic OH excluding ortho intramolecular Hbond substituents is 1. The minimum absolute atomic E-state index is 0.0250. The van der Waals surface area contributed by atoms with Gasteiger partial charge in [-0.25, -0.2) is 0 Å². The fourth-order valence-electron chi connectivity index (χ4n) is 6.81. The monoisotopic (exact) mass is 425 g/mol. The number of carbonyl (C=O) groups excluding carboxylic acids is 1. The molecule has 0 spiro atoms. The summed E-state index contributed by atoms with van der Waals surface area (Å²) in [5, 5.41) is 10.1. The first kappa shape index (κ1) is 20.9. The highest BCUT2D eigenvalue weighted by Gasteiger charge is 2.52. The van der Waals surface area contributed by atoms with Gasteiger partial charge in [-0.1, -0.05) is 31.9 Å². The Bertz CT molecular complexity index is 924. The summed E-state index contributed by atoms with van der Waals surface area (Å²) in [6, 6.07) is 3.95. The Balaban J connectivity index is 1.40. The highest BCUT2D eigenvalue weighted by Crippen LogP contribution is 2.54. The van der Waals surface area contributed by atoms with Crippen molar-refractivity contribution in [2.24, 2.45) is 23.2 Å². The number of fused-ring (bicyclic) bond motifs is 3. The van der Waals surface area contributed by atoms with Gasteiger partial charge in [0.1, 0.15) is 6.10 Å². The zero-order valence-electron chi connectivity index (χ0n) is 19.2. The SMILES string of the molecule is COc1cc2c(cc1O)CCN(C[C@@H]1C(=O)O[C@@H]3C[C@]4(C)CCC[C@@H](C)C4=C[C@@H]13)[C@@H]2C. The van der Waals surface area contributed by atoms with Crippen molar-refractivity contribution in [3.8, 4) is 11.5 Å². The summed E-state index contributed by atoms with van der Waals surface area (Å²) in [6.45, 7) is 8.51. The van der Waals surface area contributed by atoms with E-state index in [1.807, 2.05) is 12.1 Å². The molecular formula is C26H35NO4. The standard InChI is InChI=1S/C26H35NO4/c1-15-6-5-8-26(3)13-24-19(11-21(15)26)20(25(29)31-24)14-27-9-7-17-10-22(28)23(30-4)12-18(17)16(27)2/h10-12,15-16,19-20,24,28H,5-9,13-14H2,1-4H3/t15-,16-,19+,20+,24-,26+/m1/s1. The molecule has 0 aromatic heterocycles. The zero-order chi connectivity index (χ0) is 21.9. The van der Waals surface area contributed by atoms with Crippen molar-refractivity contribution in [3.63, 3.8) is 0 Å². The number of aromatic hydroxyl groups is 1. The highest BCUT2D eigenvalue weighted by molar-refractivity contribution is 5.76. The van der Waals surface area contributed by atoms with Crippen LogP contribution < -0.4 is 4.74 Å². The van der Waals surface area contributed by atoms with E-state index >= 15 is 0 Å². The Kier molecular flexibility index (Phi) is 5.08. The van der Waals surface area contributed by atoms with E-state index in [0.29, 0.717) is 11.7 Å². The Labute approximate surface area is 185 Å². The lowest BCUT2D eigenvalue weighted by Gasteiger charge is -2.46. The quantitative estimate of drug-likeness (QED) is 0.565. The predicted octanol–water partition coefficient (Wildman–Crippen LogP) is 4.63. The minimum Gasteiger partial charge on any atom is -0.504 e. The third-order valence-electron chi connectivity index (χ3n) is 8.62. The highest BCUT2D eigenvalue weighted by atomic mass is 16.6. The lowest BCUT2D eigenvalue weighted by atomic mass is 9.59. The smallest absolute Gasteiger partial charge is 0.311 e. The second-order valence-corrected chi connectivity index (χ2v) is 10.5. The van der Waals surface area contributed by atoms with Crippen LogP contribution in [0.15, 0.2) is 23.8 Å². The van der Waals surface area contributed by atoms with Crippen molar-refractivity contribution >= 4 is 5.97 Å². The number of carbonyl (C=O) groups is 1. The van der Waals surface area contributed by atoms with Crippen LogP contribution in [-0.4, -0.2) is 42.3 Å². The molecule has 0 amide bonds. The summed E-state index contributed by atoms with van der Waals surface area (Å²) in [5.74, 6) is 1.39. The maximum absolute atomic E-state index is 13.0. The molecule has 0 bridgehead atoms. The molecule has 5 nitrogen and oxygen atoms in total. The van der Waals surface area contributed by atoms with Crippen molar-refractivity contribution < 1.29 is 19.4 Å². The van der Waals surface area contributed by atoms with Gasteiger partial charge in [-0.3, -0.25) is 9.69 Å². The molecule has 4 aliphatic rings. The minimum atomic E-state index is -0.0980. The fraction of sp³-hybridized carbons (Fsp3) is 0.654. The predicted molar refractivity (Wildman–Crippen MR) is 119 cm³/mol. The van der Waals surface area contributed by atoms with Gasteiger partial charge in [0.25, 0.3) is 0 Å². The lowest BCUT2D eigenvalue weighted by Crippen LogP contribution is -2.42. The number of hydrogen-bond acceptors (Lipinski definition) is 5. The van der Waals surface area contributed by atoms with Crippen molar-refractivity contribution in [1.82, 2.24) is 4.90 Å². The van der Waals surface area contributed by atoms with E-state index < -0.39 is 0 Å². The number of methoxy groups -OCH3 is 1. The first-order chi connectivity index (χ1) is 14.8. The number of benzene rings is 1. The molecule has 1 saturated carbocycles. The number of allylic oxidation sites excluding steroid dienone is 1. The van der Waals surface area contributed by atoms with Crippen LogP contribution >= 0.6 is 0 Å². The number of esters is 1. The van der Waals surface area contributed by atoms with E-state index in [2.05, 4.69) is 31.7 Å². The second kappa shape index (κ2) is 7.54. The first-order valence-corrected chi connectivity index (χ1v) is 11.9. The van der Waals surface area contributed by atoms with Gasteiger partial charge in [0.2, 0.25) is 0 Å². The maximum Gasteiger partial charge on any atom is 0.311 e.